The highest BCUT2D eigenvalue weighted by molar-refractivity contribution is 5.97. The minimum atomic E-state index is -0.670. The van der Waals surface area contributed by atoms with Crippen LogP contribution >= 0.6 is 0 Å². The third-order valence-electron chi connectivity index (χ3n) is 6.90. The van der Waals surface area contributed by atoms with Crippen molar-refractivity contribution in [2.45, 2.75) is 63.3 Å². The van der Waals surface area contributed by atoms with E-state index in [9.17, 15) is 14.4 Å². The van der Waals surface area contributed by atoms with Crippen LogP contribution in [0.3, 0.4) is 0 Å². The molecule has 0 radical (unpaired) electrons. The van der Waals surface area contributed by atoms with E-state index in [0.717, 1.165) is 51.7 Å². The number of rotatable bonds is 8. The molecular formula is C25H35N5O3. The maximum atomic E-state index is 13.0. The molecule has 0 unspecified atom stereocenters. The van der Waals surface area contributed by atoms with Crippen molar-refractivity contribution in [3.63, 3.8) is 0 Å². The first-order chi connectivity index (χ1) is 16.1. The quantitative estimate of drug-likeness (QED) is 0.460. The van der Waals surface area contributed by atoms with Crippen molar-refractivity contribution >= 4 is 11.6 Å². The van der Waals surface area contributed by atoms with Gasteiger partial charge in [0.15, 0.2) is 0 Å². The van der Waals surface area contributed by atoms with E-state index < -0.39 is 17.2 Å². The summed E-state index contributed by atoms with van der Waals surface area (Å²) >= 11 is 0. The van der Waals surface area contributed by atoms with Gasteiger partial charge in [0.2, 0.25) is 0 Å². The molecule has 4 N–H and O–H groups in total. The second-order valence-electron chi connectivity index (χ2n) is 9.27. The number of likely N-dealkylation sites (tertiary alicyclic amines) is 1. The molecule has 1 aliphatic carbocycles. The summed E-state index contributed by atoms with van der Waals surface area (Å²) in [5.74, 6) is 0.107. The molecule has 178 valence electrons. The second kappa shape index (κ2) is 11.3. The standard InChI is InChI=1S/C25H35N5O3/c31-23-21(26-14-7-17-30-15-5-2-6-16-30)22(28-25(33)29-23)24(32)27-20-12-10-19(11-13-20)18-8-3-1-4-9-18/h1,3-4,8-9,19-20,26H,2,5-7,10-17H2,(H,27,32)(H2,28,29,31,33). The summed E-state index contributed by atoms with van der Waals surface area (Å²) in [4.78, 5) is 44.5. The number of nitrogens with zero attached hydrogens (tertiary/aromatic N) is 1. The number of H-pyrrole nitrogens is 2. The van der Waals surface area contributed by atoms with E-state index in [-0.39, 0.29) is 17.4 Å². The maximum Gasteiger partial charge on any atom is 0.326 e. The van der Waals surface area contributed by atoms with Crippen molar-refractivity contribution < 1.29 is 4.79 Å². The lowest BCUT2D eigenvalue weighted by Gasteiger charge is -2.29. The fourth-order valence-corrected chi connectivity index (χ4v) is 5.08. The number of benzene rings is 1. The van der Waals surface area contributed by atoms with Gasteiger partial charge in [0.05, 0.1) is 0 Å². The zero-order chi connectivity index (χ0) is 23.0. The van der Waals surface area contributed by atoms with Crippen molar-refractivity contribution in [1.29, 1.82) is 0 Å². The van der Waals surface area contributed by atoms with Crippen LogP contribution in [0.4, 0.5) is 5.69 Å². The highest BCUT2D eigenvalue weighted by Gasteiger charge is 2.25. The van der Waals surface area contributed by atoms with Gasteiger partial charge in [-0.05, 0) is 76.1 Å². The van der Waals surface area contributed by atoms with Crippen LogP contribution in [0.25, 0.3) is 0 Å². The van der Waals surface area contributed by atoms with Gasteiger partial charge in [-0.25, -0.2) is 4.79 Å². The molecule has 2 fully saturated rings. The topological polar surface area (TPSA) is 110 Å². The fourth-order valence-electron chi connectivity index (χ4n) is 5.08. The summed E-state index contributed by atoms with van der Waals surface area (Å²) in [6.45, 7) is 3.77. The number of anilines is 1. The molecule has 1 aromatic carbocycles. The van der Waals surface area contributed by atoms with Gasteiger partial charge >= 0.3 is 5.69 Å². The van der Waals surface area contributed by atoms with E-state index in [2.05, 4.69) is 49.8 Å². The van der Waals surface area contributed by atoms with Gasteiger partial charge in [-0.1, -0.05) is 36.8 Å². The van der Waals surface area contributed by atoms with Gasteiger partial charge in [0.25, 0.3) is 11.5 Å². The first-order valence-corrected chi connectivity index (χ1v) is 12.3. The Morgan fingerprint density at radius 3 is 2.42 bits per heavy atom. The number of aromatic nitrogens is 2. The maximum absolute atomic E-state index is 13.0. The van der Waals surface area contributed by atoms with Gasteiger partial charge in [-0.2, -0.15) is 0 Å². The molecule has 1 saturated carbocycles. The third-order valence-corrected chi connectivity index (χ3v) is 6.90. The molecule has 4 rings (SSSR count). The first kappa shape index (κ1) is 23.3. The lowest BCUT2D eigenvalue weighted by atomic mass is 9.82. The molecule has 33 heavy (non-hydrogen) atoms. The average Bonchev–Trinajstić information content (AvgIpc) is 2.84. The van der Waals surface area contributed by atoms with Crippen molar-refractivity contribution in [2.75, 3.05) is 31.5 Å². The Bertz CT molecular complexity index is 1020. The number of nitrogens with one attached hydrogen (secondary N) is 4. The Balaban J connectivity index is 1.33. The summed E-state index contributed by atoms with van der Waals surface area (Å²) in [6.07, 6.45) is 8.39. The Kier molecular flexibility index (Phi) is 7.99. The highest BCUT2D eigenvalue weighted by atomic mass is 16.2. The van der Waals surface area contributed by atoms with Crippen molar-refractivity contribution in [1.82, 2.24) is 20.2 Å². The first-order valence-electron chi connectivity index (χ1n) is 12.3. The zero-order valence-electron chi connectivity index (χ0n) is 19.2. The Labute approximate surface area is 194 Å². The minimum Gasteiger partial charge on any atom is -0.379 e. The van der Waals surface area contributed by atoms with E-state index >= 15 is 0 Å². The Morgan fingerprint density at radius 2 is 1.70 bits per heavy atom. The number of aromatic amines is 2. The monoisotopic (exact) mass is 453 g/mol. The SMILES string of the molecule is O=C(NC1CCC(c2ccccc2)CC1)c1[nH]c(=O)[nH]c(=O)c1NCCCN1CCCCC1. The fraction of sp³-hybridized carbons (Fsp3) is 0.560. The van der Waals surface area contributed by atoms with Gasteiger partial charge in [-0.3, -0.25) is 14.6 Å². The second-order valence-corrected chi connectivity index (χ2v) is 9.27. The van der Waals surface area contributed by atoms with Crippen LogP contribution in [0, 0.1) is 0 Å². The summed E-state index contributed by atoms with van der Waals surface area (Å²) in [7, 11) is 0. The predicted octanol–water partition coefficient (Wildman–Crippen LogP) is 2.81. The van der Waals surface area contributed by atoms with Crippen molar-refractivity contribution in [3.05, 3.63) is 62.4 Å². The van der Waals surface area contributed by atoms with Crippen LogP contribution in [0.15, 0.2) is 39.9 Å². The van der Waals surface area contributed by atoms with E-state index in [1.54, 1.807) is 0 Å². The largest absolute Gasteiger partial charge is 0.379 e. The molecule has 8 heteroatoms. The van der Waals surface area contributed by atoms with E-state index in [4.69, 9.17) is 0 Å². The molecule has 0 spiro atoms. The Hall–Kier alpha value is -2.87. The summed E-state index contributed by atoms with van der Waals surface area (Å²) in [5.41, 5.74) is 0.277. The molecule has 2 aromatic rings. The summed E-state index contributed by atoms with van der Waals surface area (Å²) < 4.78 is 0. The van der Waals surface area contributed by atoms with Gasteiger partial charge in [0.1, 0.15) is 11.4 Å². The minimum absolute atomic E-state index is 0.0203. The van der Waals surface area contributed by atoms with Crippen LogP contribution in [0.1, 0.15) is 73.3 Å². The van der Waals surface area contributed by atoms with Gasteiger partial charge in [0, 0.05) is 12.6 Å². The van der Waals surface area contributed by atoms with Crippen molar-refractivity contribution in [3.8, 4) is 0 Å². The lowest BCUT2D eigenvalue weighted by Crippen LogP contribution is -2.40. The van der Waals surface area contributed by atoms with Crippen LogP contribution in [0.2, 0.25) is 0 Å². The smallest absolute Gasteiger partial charge is 0.326 e. The van der Waals surface area contributed by atoms with E-state index in [1.165, 1.54) is 24.8 Å². The summed E-state index contributed by atoms with van der Waals surface area (Å²) in [6, 6.07) is 10.5. The molecule has 1 aliphatic heterocycles. The lowest BCUT2D eigenvalue weighted by molar-refractivity contribution is 0.0921. The van der Waals surface area contributed by atoms with Crippen LogP contribution in [-0.4, -0.2) is 53.0 Å². The summed E-state index contributed by atoms with van der Waals surface area (Å²) in [5, 5.41) is 6.13. The van der Waals surface area contributed by atoms with E-state index in [0.29, 0.717) is 12.5 Å². The molecule has 0 bridgehead atoms. The number of hydrogen-bond donors (Lipinski definition) is 4. The predicted molar refractivity (Wildman–Crippen MR) is 130 cm³/mol. The third kappa shape index (κ3) is 6.35. The van der Waals surface area contributed by atoms with Gasteiger partial charge in [-0.15, -0.1) is 0 Å². The number of carbonyl (C=O) groups excluding carboxylic acids is 1. The van der Waals surface area contributed by atoms with Crippen molar-refractivity contribution in [2.24, 2.45) is 0 Å². The van der Waals surface area contributed by atoms with E-state index in [1.807, 2.05) is 6.07 Å². The molecular weight excluding hydrogens is 418 g/mol. The number of amides is 1. The van der Waals surface area contributed by atoms with Crippen LogP contribution in [-0.2, 0) is 0 Å². The van der Waals surface area contributed by atoms with Crippen LogP contribution in [0.5, 0.6) is 0 Å². The average molecular weight is 454 g/mol. The number of hydrogen-bond acceptors (Lipinski definition) is 5. The molecule has 2 aliphatic rings. The molecule has 1 saturated heterocycles. The zero-order valence-corrected chi connectivity index (χ0v) is 19.2. The molecule has 8 nitrogen and oxygen atoms in total. The number of carbonyl (C=O) groups is 1. The van der Waals surface area contributed by atoms with Crippen LogP contribution < -0.4 is 21.9 Å². The normalized spacial score (nSPS) is 21.5. The number of piperidine rings is 1. The highest BCUT2D eigenvalue weighted by Crippen LogP contribution is 2.32. The molecule has 2 heterocycles. The molecule has 1 amide bonds. The molecule has 1 aromatic heterocycles. The molecule has 0 atom stereocenters. The Morgan fingerprint density at radius 1 is 0.970 bits per heavy atom. The van der Waals surface area contributed by atoms with Gasteiger partial charge < -0.3 is 20.5 Å².